The van der Waals surface area contributed by atoms with E-state index in [-0.39, 0.29) is 23.6 Å². The highest BCUT2D eigenvalue weighted by atomic mass is 19.1. The second-order valence-corrected chi connectivity index (χ2v) is 10.9. The van der Waals surface area contributed by atoms with E-state index < -0.39 is 5.69 Å². The molecule has 0 spiro atoms. The fourth-order valence-corrected chi connectivity index (χ4v) is 5.64. The number of aromatic nitrogens is 4. The van der Waals surface area contributed by atoms with Crippen LogP contribution in [0.25, 0.3) is 28.0 Å². The Balaban J connectivity index is 1.57. The number of halogens is 1. The fraction of sp³-hybridized carbons (Fsp3) is 0.323. The number of anilines is 1. The van der Waals surface area contributed by atoms with Crippen LogP contribution in [0.5, 0.6) is 5.75 Å². The lowest BCUT2D eigenvalue weighted by atomic mass is 9.99. The molecule has 6 rings (SSSR count). The molecule has 0 bridgehead atoms. The van der Waals surface area contributed by atoms with Gasteiger partial charge in [-0.1, -0.05) is 32.6 Å². The molecular weight excluding hydrogens is 523 g/mol. The summed E-state index contributed by atoms with van der Waals surface area (Å²) in [5.74, 6) is 0.709. The van der Waals surface area contributed by atoms with E-state index in [0.717, 1.165) is 16.8 Å². The Hall–Kier alpha value is -4.60. The van der Waals surface area contributed by atoms with Gasteiger partial charge in [0.05, 0.1) is 23.7 Å². The number of nitrogens with zero attached hydrogens (tertiary/aromatic N) is 5. The molecule has 4 aromatic rings. The van der Waals surface area contributed by atoms with Crippen molar-refractivity contribution in [3.8, 4) is 22.7 Å². The van der Waals surface area contributed by atoms with Crippen molar-refractivity contribution in [2.75, 3.05) is 31.6 Å². The number of carbonyl (C=O) groups is 1. The van der Waals surface area contributed by atoms with Crippen molar-refractivity contribution >= 4 is 22.8 Å². The molecule has 1 saturated heterocycles. The summed E-state index contributed by atoms with van der Waals surface area (Å²) < 4.78 is 22.0. The smallest absolute Gasteiger partial charge is 0.355 e. The molecule has 1 N–H and O–H groups in total. The fourth-order valence-electron chi connectivity index (χ4n) is 5.64. The molecule has 10 heteroatoms. The second kappa shape index (κ2) is 10.4. The molecule has 41 heavy (non-hydrogen) atoms. The summed E-state index contributed by atoms with van der Waals surface area (Å²) in [5, 5.41) is 3.94. The predicted octanol–water partition coefficient (Wildman–Crippen LogP) is 4.40. The molecule has 9 nitrogen and oxygen atoms in total. The van der Waals surface area contributed by atoms with E-state index in [4.69, 9.17) is 9.72 Å². The van der Waals surface area contributed by atoms with Gasteiger partial charge in [0, 0.05) is 49.3 Å². The van der Waals surface area contributed by atoms with Crippen molar-refractivity contribution in [1.82, 2.24) is 24.4 Å². The number of fused-ring (bicyclic) bond motifs is 3. The van der Waals surface area contributed by atoms with Gasteiger partial charge in [0.15, 0.2) is 5.65 Å². The minimum absolute atomic E-state index is 0.0258. The molecule has 1 amide bonds. The van der Waals surface area contributed by atoms with Gasteiger partial charge in [0.2, 0.25) is 5.91 Å². The van der Waals surface area contributed by atoms with Crippen molar-refractivity contribution in [1.29, 1.82) is 0 Å². The molecule has 0 atom stereocenters. The molecule has 1 fully saturated rings. The number of pyridine rings is 2. The van der Waals surface area contributed by atoms with Crippen molar-refractivity contribution in [3.05, 3.63) is 82.3 Å². The Morgan fingerprint density at radius 2 is 2.07 bits per heavy atom. The quantitative estimate of drug-likeness (QED) is 0.338. The summed E-state index contributed by atoms with van der Waals surface area (Å²) in [7, 11) is 0. The molecule has 0 radical (unpaired) electrons. The van der Waals surface area contributed by atoms with Crippen LogP contribution in [0.15, 0.2) is 54.0 Å². The van der Waals surface area contributed by atoms with E-state index in [1.165, 1.54) is 22.8 Å². The van der Waals surface area contributed by atoms with Crippen LogP contribution in [-0.4, -0.2) is 56.6 Å². The zero-order chi connectivity index (χ0) is 28.8. The third-order valence-electron chi connectivity index (χ3n) is 7.70. The van der Waals surface area contributed by atoms with Gasteiger partial charge in [-0.25, -0.2) is 18.7 Å². The Morgan fingerprint density at radius 3 is 2.80 bits per heavy atom. The van der Waals surface area contributed by atoms with Gasteiger partial charge in [-0.2, -0.15) is 4.98 Å². The summed E-state index contributed by atoms with van der Waals surface area (Å²) in [4.78, 5) is 41.6. The largest absolute Gasteiger partial charge is 0.492 e. The highest BCUT2D eigenvalue weighted by Gasteiger charge is 2.32. The lowest BCUT2D eigenvalue weighted by Gasteiger charge is -2.38. The van der Waals surface area contributed by atoms with E-state index in [2.05, 4.69) is 21.9 Å². The van der Waals surface area contributed by atoms with E-state index in [9.17, 15) is 14.0 Å². The van der Waals surface area contributed by atoms with Crippen LogP contribution in [0.4, 0.5) is 10.2 Å². The number of nitrogens with one attached hydrogen (secondary N) is 1. The maximum atomic E-state index is 14.3. The molecule has 0 aliphatic carbocycles. The first-order valence-corrected chi connectivity index (χ1v) is 13.8. The van der Waals surface area contributed by atoms with Crippen molar-refractivity contribution in [2.24, 2.45) is 5.92 Å². The Kier molecular flexibility index (Phi) is 6.76. The van der Waals surface area contributed by atoms with E-state index in [1.54, 1.807) is 23.2 Å². The number of aryl methyl sites for hydroxylation is 1. The van der Waals surface area contributed by atoms with E-state index >= 15 is 0 Å². The maximum absolute atomic E-state index is 14.3. The number of benzene rings is 1. The number of hydrogen-bond donors (Lipinski definition) is 1. The van der Waals surface area contributed by atoms with Crippen LogP contribution >= 0.6 is 0 Å². The minimum atomic E-state index is -0.509. The van der Waals surface area contributed by atoms with Gasteiger partial charge in [-0.15, -0.1) is 0 Å². The summed E-state index contributed by atoms with van der Waals surface area (Å²) in [6.45, 7) is 11.6. The summed E-state index contributed by atoms with van der Waals surface area (Å²) >= 11 is 0. The van der Waals surface area contributed by atoms with Gasteiger partial charge in [0.1, 0.15) is 22.8 Å². The van der Waals surface area contributed by atoms with E-state index in [1.807, 2.05) is 26.8 Å². The standard InChI is InChI=1S/C31H31FN6O3/c1-5-23(39)37-15-19(16-37)14-34-29-24-28-22(10-12-41-28)26(20-7-6-8-21(32)13-20)35-30(24)38(31(40)36-29)27-18(4)9-11-33-25(27)17(2)3/h5-9,11,13,17,19H,1,10,12,14-16H2,2-4H3,(H,34,36,40). The van der Waals surface area contributed by atoms with Gasteiger partial charge >= 0.3 is 5.69 Å². The molecule has 3 aromatic heterocycles. The lowest BCUT2D eigenvalue weighted by molar-refractivity contribution is -0.131. The van der Waals surface area contributed by atoms with Crippen LogP contribution < -0.4 is 15.7 Å². The first-order chi connectivity index (χ1) is 19.8. The molecular formula is C31H31FN6O3. The van der Waals surface area contributed by atoms with Crippen molar-refractivity contribution in [3.63, 3.8) is 0 Å². The molecule has 0 unspecified atom stereocenters. The molecule has 0 saturated carbocycles. The Bertz CT molecular complexity index is 1760. The first-order valence-electron chi connectivity index (χ1n) is 13.8. The van der Waals surface area contributed by atoms with Gasteiger partial charge < -0.3 is 15.0 Å². The predicted molar refractivity (Wildman–Crippen MR) is 155 cm³/mol. The summed E-state index contributed by atoms with van der Waals surface area (Å²) in [5.41, 5.74) is 4.10. The van der Waals surface area contributed by atoms with Crippen molar-refractivity contribution < 1.29 is 13.9 Å². The molecule has 2 aliphatic heterocycles. The molecule has 2 aliphatic rings. The molecule has 210 valence electrons. The number of ether oxygens (including phenoxy) is 1. The number of likely N-dealkylation sites (tertiary alicyclic amines) is 1. The van der Waals surface area contributed by atoms with Crippen LogP contribution in [-0.2, 0) is 11.2 Å². The summed E-state index contributed by atoms with van der Waals surface area (Å²) in [6.07, 6.45) is 3.63. The van der Waals surface area contributed by atoms with Gasteiger partial charge in [-0.3, -0.25) is 9.78 Å². The monoisotopic (exact) mass is 554 g/mol. The van der Waals surface area contributed by atoms with Crippen LogP contribution in [0.1, 0.15) is 36.6 Å². The number of rotatable bonds is 7. The zero-order valence-corrected chi connectivity index (χ0v) is 23.3. The lowest BCUT2D eigenvalue weighted by Crippen LogP contribution is -2.51. The number of carbonyl (C=O) groups excluding carboxylic acids is 1. The SMILES string of the molecule is C=CC(=O)N1CC(CNc2nc(=O)n(-c3c(C)ccnc3C(C)C)c3nc(-c4cccc(F)c4)c4c(c23)OCC4)C1. The number of hydrogen-bond acceptors (Lipinski definition) is 7. The van der Waals surface area contributed by atoms with Crippen LogP contribution in [0.3, 0.4) is 0 Å². The second-order valence-electron chi connectivity index (χ2n) is 10.9. The third kappa shape index (κ3) is 4.63. The van der Waals surface area contributed by atoms with Crippen LogP contribution in [0, 0.1) is 18.7 Å². The third-order valence-corrected chi connectivity index (χ3v) is 7.70. The topological polar surface area (TPSA) is 102 Å². The molecule has 5 heterocycles. The average molecular weight is 555 g/mol. The highest BCUT2D eigenvalue weighted by molar-refractivity contribution is 5.97. The van der Waals surface area contributed by atoms with Crippen molar-refractivity contribution in [2.45, 2.75) is 33.1 Å². The van der Waals surface area contributed by atoms with E-state index in [0.29, 0.717) is 72.2 Å². The minimum Gasteiger partial charge on any atom is -0.492 e. The average Bonchev–Trinajstić information content (AvgIpc) is 3.41. The summed E-state index contributed by atoms with van der Waals surface area (Å²) in [6, 6.07) is 8.14. The first kappa shape index (κ1) is 26.6. The number of amides is 1. The normalized spacial score (nSPS) is 14.6. The highest BCUT2D eigenvalue weighted by Crippen LogP contribution is 2.42. The Labute approximate surface area is 236 Å². The maximum Gasteiger partial charge on any atom is 0.355 e. The molecule has 1 aromatic carbocycles. The van der Waals surface area contributed by atoms with Crippen LogP contribution in [0.2, 0.25) is 0 Å². The van der Waals surface area contributed by atoms with Gasteiger partial charge in [-0.05, 0) is 42.7 Å². The van der Waals surface area contributed by atoms with Gasteiger partial charge in [0.25, 0.3) is 0 Å². The zero-order valence-electron chi connectivity index (χ0n) is 23.3. The Morgan fingerprint density at radius 1 is 1.27 bits per heavy atom.